The lowest BCUT2D eigenvalue weighted by Crippen LogP contribution is -2.54. The Morgan fingerprint density at radius 3 is 2.10 bits per heavy atom. The summed E-state index contributed by atoms with van der Waals surface area (Å²) < 4.78 is 1.73. The van der Waals surface area contributed by atoms with Gasteiger partial charge in [0.15, 0.2) is 5.78 Å². The molecular weight excluding hydrogens is 286 g/mol. The maximum Gasteiger partial charge on any atom is 0.159 e. The molecule has 0 aliphatic carbocycles. The van der Waals surface area contributed by atoms with Crippen molar-refractivity contribution < 1.29 is 4.79 Å². The predicted molar refractivity (Wildman–Crippen MR) is 87.9 cm³/mol. The molecule has 0 aliphatic heterocycles. The second kappa shape index (κ2) is 7.41. The summed E-state index contributed by atoms with van der Waals surface area (Å²) in [7, 11) is 1.85. The van der Waals surface area contributed by atoms with Crippen molar-refractivity contribution in [3.8, 4) is 0 Å². The lowest BCUT2D eigenvalue weighted by molar-refractivity contribution is -0.131. The summed E-state index contributed by atoms with van der Waals surface area (Å²) in [5.41, 5.74) is 1.20. The Labute approximate surface area is 133 Å². The fourth-order valence-electron chi connectivity index (χ4n) is 3.29. The van der Waals surface area contributed by atoms with Gasteiger partial charge in [-0.3, -0.25) is 14.4 Å². The molecule has 5 heteroatoms. The first-order chi connectivity index (χ1) is 9.87. The summed E-state index contributed by atoms with van der Waals surface area (Å²) in [6, 6.07) is 0. The number of likely N-dealkylation sites (N-methyl/N-ethyl adjacent to an activating group) is 1. The summed E-state index contributed by atoms with van der Waals surface area (Å²) >= 11 is 6.29. The van der Waals surface area contributed by atoms with Crippen molar-refractivity contribution in [3.05, 3.63) is 16.4 Å². The van der Waals surface area contributed by atoms with Crippen molar-refractivity contribution in [1.82, 2.24) is 14.7 Å². The van der Waals surface area contributed by atoms with E-state index in [1.165, 1.54) is 0 Å². The van der Waals surface area contributed by atoms with E-state index >= 15 is 0 Å². The second-order valence-corrected chi connectivity index (χ2v) is 5.86. The van der Waals surface area contributed by atoms with Crippen molar-refractivity contribution in [1.29, 1.82) is 0 Å². The van der Waals surface area contributed by atoms with E-state index in [0.717, 1.165) is 37.3 Å². The number of ketones is 1. The van der Waals surface area contributed by atoms with Gasteiger partial charge in [0.25, 0.3) is 0 Å². The molecule has 0 spiro atoms. The lowest BCUT2D eigenvalue weighted by Gasteiger charge is -2.41. The minimum Gasteiger partial charge on any atom is -0.297 e. The fraction of sp³-hybridized carbons (Fsp3) is 0.750. The van der Waals surface area contributed by atoms with Crippen LogP contribution in [0.25, 0.3) is 0 Å². The largest absolute Gasteiger partial charge is 0.297 e. The molecule has 0 amide bonds. The molecule has 21 heavy (non-hydrogen) atoms. The van der Waals surface area contributed by atoms with E-state index in [2.05, 4.69) is 37.7 Å². The van der Waals surface area contributed by atoms with E-state index in [1.54, 1.807) is 4.68 Å². The highest BCUT2D eigenvalue weighted by atomic mass is 35.5. The third kappa shape index (κ3) is 3.32. The first-order valence-electron chi connectivity index (χ1n) is 7.84. The maximum atomic E-state index is 13.0. The summed E-state index contributed by atoms with van der Waals surface area (Å²) in [5, 5.41) is 4.92. The number of carbonyl (C=O) groups is 1. The third-order valence-corrected chi connectivity index (χ3v) is 5.14. The smallest absolute Gasteiger partial charge is 0.159 e. The molecule has 0 bridgehead atoms. The molecule has 0 aromatic carbocycles. The number of halogens is 1. The number of hydrogen-bond donors (Lipinski definition) is 0. The van der Waals surface area contributed by atoms with Crippen LogP contribution < -0.4 is 0 Å². The first kappa shape index (κ1) is 18.2. The Kier molecular flexibility index (Phi) is 6.41. The number of Topliss-reactive ketones (excluding diaryl/α,β-unsaturated/α-hetero) is 1. The van der Waals surface area contributed by atoms with Gasteiger partial charge in [-0.05, 0) is 32.9 Å². The van der Waals surface area contributed by atoms with E-state index in [-0.39, 0.29) is 5.78 Å². The molecule has 0 saturated carbocycles. The van der Waals surface area contributed by atoms with E-state index < -0.39 is 5.54 Å². The SMILES string of the molecule is CCN(CC)C(CC)(CC)C(=O)Cc1c(Cl)c(C)nn1C. The van der Waals surface area contributed by atoms with Gasteiger partial charge < -0.3 is 0 Å². The number of nitrogens with zero attached hydrogens (tertiary/aromatic N) is 3. The van der Waals surface area contributed by atoms with Crippen LogP contribution in [0.4, 0.5) is 0 Å². The highest BCUT2D eigenvalue weighted by Crippen LogP contribution is 2.29. The van der Waals surface area contributed by atoms with Gasteiger partial charge >= 0.3 is 0 Å². The number of hydrogen-bond acceptors (Lipinski definition) is 3. The molecule has 0 saturated heterocycles. The van der Waals surface area contributed by atoms with Crippen molar-refractivity contribution in [3.63, 3.8) is 0 Å². The molecular formula is C16H28ClN3O. The summed E-state index contributed by atoms with van der Waals surface area (Å²) in [6.45, 7) is 12.0. The van der Waals surface area contributed by atoms with Crippen LogP contribution in [-0.2, 0) is 18.3 Å². The van der Waals surface area contributed by atoms with Gasteiger partial charge in [0.2, 0.25) is 0 Å². The Balaban J connectivity index is 3.13. The average molecular weight is 314 g/mol. The van der Waals surface area contributed by atoms with Gasteiger partial charge in [-0.2, -0.15) is 5.10 Å². The molecule has 0 unspecified atom stereocenters. The monoisotopic (exact) mass is 313 g/mol. The Morgan fingerprint density at radius 2 is 1.76 bits per heavy atom. The van der Waals surface area contributed by atoms with E-state index in [4.69, 9.17) is 11.6 Å². The quantitative estimate of drug-likeness (QED) is 0.738. The normalized spacial score (nSPS) is 12.2. The van der Waals surface area contributed by atoms with E-state index in [9.17, 15) is 4.79 Å². The highest BCUT2D eigenvalue weighted by Gasteiger charge is 2.39. The predicted octanol–water partition coefficient (Wildman–Crippen LogP) is 3.39. The minimum absolute atomic E-state index is 0.237. The van der Waals surface area contributed by atoms with Crippen LogP contribution in [-0.4, -0.2) is 39.1 Å². The average Bonchev–Trinajstić information content (AvgIpc) is 2.71. The zero-order valence-corrected chi connectivity index (χ0v) is 14.9. The Bertz CT molecular complexity index is 488. The maximum absolute atomic E-state index is 13.0. The van der Waals surface area contributed by atoms with Crippen molar-refractivity contribution in [2.75, 3.05) is 13.1 Å². The van der Waals surface area contributed by atoms with Gasteiger partial charge in [-0.15, -0.1) is 0 Å². The topological polar surface area (TPSA) is 38.1 Å². The zero-order chi connectivity index (χ0) is 16.2. The van der Waals surface area contributed by atoms with Crippen LogP contribution in [0.2, 0.25) is 5.02 Å². The number of aromatic nitrogens is 2. The number of rotatable bonds is 8. The minimum atomic E-state index is -0.398. The van der Waals surface area contributed by atoms with Gasteiger partial charge in [-0.1, -0.05) is 39.3 Å². The lowest BCUT2D eigenvalue weighted by atomic mass is 9.83. The van der Waals surface area contributed by atoms with E-state index in [1.807, 2.05) is 14.0 Å². The molecule has 1 rings (SSSR count). The number of carbonyl (C=O) groups excluding carboxylic acids is 1. The van der Waals surface area contributed by atoms with Crippen LogP contribution in [0.5, 0.6) is 0 Å². The second-order valence-electron chi connectivity index (χ2n) is 5.48. The van der Waals surface area contributed by atoms with Crippen molar-refractivity contribution >= 4 is 17.4 Å². The Hall–Kier alpha value is -0.870. The molecule has 1 heterocycles. The van der Waals surface area contributed by atoms with Crippen molar-refractivity contribution in [2.45, 2.75) is 59.4 Å². The van der Waals surface area contributed by atoms with Gasteiger partial charge in [0.1, 0.15) is 0 Å². The standard InChI is InChI=1S/C16H28ClN3O/c1-7-16(8-2,20(9-3)10-4)14(21)11-13-15(17)12(5)18-19(13)6/h7-11H2,1-6H3. The van der Waals surface area contributed by atoms with Gasteiger partial charge in [0, 0.05) is 7.05 Å². The zero-order valence-electron chi connectivity index (χ0n) is 14.2. The molecule has 1 aromatic rings. The van der Waals surface area contributed by atoms with Gasteiger partial charge in [0.05, 0.1) is 28.4 Å². The van der Waals surface area contributed by atoms with Crippen LogP contribution in [0.15, 0.2) is 0 Å². The summed E-state index contributed by atoms with van der Waals surface area (Å²) in [6.07, 6.45) is 1.98. The highest BCUT2D eigenvalue weighted by molar-refractivity contribution is 6.32. The molecule has 120 valence electrons. The number of aryl methyl sites for hydroxylation is 2. The van der Waals surface area contributed by atoms with Crippen LogP contribution >= 0.6 is 11.6 Å². The summed E-state index contributed by atoms with van der Waals surface area (Å²) in [4.78, 5) is 15.3. The first-order valence-corrected chi connectivity index (χ1v) is 8.21. The summed E-state index contributed by atoms with van der Waals surface area (Å²) in [5.74, 6) is 0.237. The molecule has 1 aromatic heterocycles. The van der Waals surface area contributed by atoms with Crippen molar-refractivity contribution in [2.24, 2.45) is 7.05 Å². The molecule has 0 N–H and O–H groups in total. The molecule has 4 nitrogen and oxygen atoms in total. The molecule has 0 fully saturated rings. The van der Waals surface area contributed by atoms with Crippen LogP contribution in [0.1, 0.15) is 51.9 Å². The van der Waals surface area contributed by atoms with Crippen LogP contribution in [0, 0.1) is 6.92 Å². The third-order valence-electron chi connectivity index (χ3n) is 4.65. The fourth-order valence-corrected chi connectivity index (χ4v) is 3.51. The van der Waals surface area contributed by atoms with E-state index in [0.29, 0.717) is 11.4 Å². The Morgan fingerprint density at radius 1 is 1.24 bits per heavy atom. The van der Waals surface area contributed by atoms with Gasteiger partial charge in [-0.25, -0.2) is 0 Å². The molecule has 0 radical (unpaired) electrons. The molecule has 0 aliphatic rings. The molecule has 0 atom stereocenters. The van der Waals surface area contributed by atoms with Crippen LogP contribution in [0.3, 0.4) is 0 Å².